The average Bonchev–Trinajstić information content (AvgIpc) is 2.55. The summed E-state index contributed by atoms with van der Waals surface area (Å²) in [5.41, 5.74) is 8.89. The van der Waals surface area contributed by atoms with Gasteiger partial charge in [-0.05, 0) is 18.1 Å². The third-order valence-corrected chi connectivity index (χ3v) is 2.38. The predicted octanol–water partition coefficient (Wildman–Crippen LogP) is 1.92. The molecule has 0 aliphatic heterocycles. The summed E-state index contributed by atoms with van der Waals surface area (Å²) in [4.78, 5) is 4.49. The maximum absolute atomic E-state index is 5.68. The number of aromatic nitrogens is 2. The van der Waals surface area contributed by atoms with Crippen molar-refractivity contribution in [3.63, 3.8) is 0 Å². The molecular formula is C11H15N3. The summed E-state index contributed by atoms with van der Waals surface area (Å²) in [6.07, 6.45) is 2.04. The molecule has 0 fully saturated rings. The number of nitrogens with two attached hydrogens (primary N) is 1. The van der Waals surface area contributed by atoms with Gasteiger partial charge < -0.3 is 10.1 Å². The van der Waals surface area contributed by atoms with Gasteiger partial charge in [-0.1, -0.05) is 19.9 Å². The van der Waals surface area contributed by atoms with Crippen molar-refractivity contribution in [2.75, 3.05) is 0 Å². The first kappa shape index (κ1) is 9.21. The molecule has 0 saturated carbocycles. The molecule has 14 heavy (non-hydrogen) atoms. The van der Waals surface area contributed by atoms with Gasteiger partial charge in [0.25, 0.3) is 0 Å². The van der Waals surface area contributed by atoms with E-state index in [9.17, 15) is 0 Å². The highest BCUT2D eigenvalue weighted by Crippen LogP contribution is 2.20. The number of fused-ring (bicyclic) bond motifs is 1. The van der Waals surface area contributed by atoms with E-state index in [4.69, 9.17) is 5.73 Å². The van der Waals surface area contributed by atoms with Crippen molar-refractivity contribution < 1.29 is 0 Å². The largest absolute Gasteiger partial charge is 0.325 e. The van der Waals surface area contributed by atoms with Crippen molar-refractivity contribution in [1.29, 1.82) is 0 Å². The lowest BCUT2D eigenvalue weighted by molar-refractivity contribution is 0.784. The summed E-state index contributed by atoms with van der Waals surface area (Å²) in [5.74, 6) is 0.450. The number of pyridine rings is 1. The second-order valence-electron chi connectivity index (χ2n) is 3.73. The zero-order valence-electron chi connectivity index (χ0n) is 8.57. The van der Waals surface area contributed by atoms with Crippen molar-refractivity contribution in [2.24, 2.45) is 5.73 Å². The summed E-state index contributed by atoms with van der Waals surface area (Å²) < 4.78 is 2.12. The van der Waals surface area contributed by atoms with Crippen molar-refractivity contribution in [3.8, 4) is 0 Å². The van der Waals surface area contributed by atoms with E-state index in [1.807, 2.05) is 24.4 Å². The van der Waals surface area contributed by atoms with Crippen LogP contribution in [0.4, 0.5) is 0 Å². The first-order valence-electron chi connectivity index (χ1n) is 4.90. The molecule has 0 aliphatic rings. The fourth-order valence-corrected chi connectivity index (χ4v) is 1.83. The van der Waals surface area contributed by atoms with Crippen LogP contribution in [-0.4, -0.2) is 9.38 Å². The third kappa shape index (κ3) is 1.30. The Balaban J connectivity index is 2.74. The number of rotatable bonds is 2. The standard InChI is InChI=1S/C11H15N3/c1-8(2)11-9(7-12)13-10-5-3-4-6-14(10)11/h3-6,8H,7,12H2,1-2H3. The Morgan fingerprint density at radius 1 is 1.43 bits per heavy atom. The second-order valence-corrected chi connectivity index (χ2v) is 3.73. The molecule has 0 spiro atoms. The molecule has 2 aromatic heterocycles. The average molecular weight is 189 g/mol. The molecule has 3 heteroatoms. The van der Waals surface area contributed by atoms with E-state index in [0.717, 1.165) is 11.3 Å². The number of hydrogen-bond donors (Lipinski definition) is 1. The van der Waals surface area contributed by atoms with Crippen LogP contribution in [0.1, 0.15) is 31.2 Å². The molecule has 2 aromatic rings. The number of nitrogens with zero attached hydrogens (tertiary/aromatic N) is 2. The maximum atomic E-state index is 5.68. The zero-order chi connectivity index (χ0) is 10.1. The molecule has 2 rings (SSSR count). The van der Waals surface area contributed by atoms with Crippen molar-refractivity contribution in [2.45, 2.75) is 26.3 Å². The first-order valence-corrected chi connectivity index (χ1v) is 4.90. The highest BCUT2D eigenvalue weighted by molar-refractivity contribution is 5.43. The highest BCUT2D eigenvalue weighted by Gasteiger charge is 2.12. The van der Waals surface area contributed by atoms with Gasteiger partial charge in [-0.2, -0.15) is 0 Å². The van der Waals surface area contributed by atoms with Crippen LogP contribution in [0.3, 0.4) is 0 Å². The maximum Gasteiger partial charge on any atom is 0.137 e. The van der Waals surface area contributed by atoms with E-state index in [0.29, 0.717) is 12.5 Å². The monoisotopic (exact) mass is 189 g/mol. The van der Waals surface area contributed by atoms with E-state index >= 15 is 0 Å². The van der Waals surface area contributed by atoms with Crippen LogP contribution >= 0.6 is 0 Å². The fourth-order valence-electron chi connectivity index (χ4n) is 1.83. The molecule has 0 aromatic carbocycles. The fraction of sp³-hybridized carbons (Fsp3) is 0.364. The smallest absolute Gasteiger partial charge is 0.137 e. The summed E-state index contributed by atoms with van der Waals surface area (Å²) in [5, 5.41) is 0. The molecular weight excluding hydrogens is 174 g/mol. The number of imidazole rings is 1. The Morgan fingerprint density at radius 3 is 2.86 bits per heavy atom. The molecule has 74 valence electrons. The first-order chi connectivity index (χ1) is 6.74. The van der Waals surface area contributed by atoms with Gasteiger partial charge in [0.15, 0.2) is 0 Å². The molecule has 0 radical (unpaired) electrons. The Labute approximate surface area is 83.6 Å². The molecule has 0 atom stereocenters. The van der Waals surface area contributed by atoms with E-state index in [-0.39, 0.29) is 0 Å². The Hall–Kier alpha value is -1.35. The molecule has 0 saturated heterocycles. The van der Waals surface area contributed by atoms with Gasteiger partial charge in [0, 0.05) is 18.4 Å². The molecule has 3 nitrogen and oxygen atoms in total. The lowest BCUT2D eigenvalue weighted by atomic mass is 10.1. The Kier molecular flexibility index (Phi) is 2.25. The number of hydrogen-bond acceptors (Lipinski definition) is 2. The highest BCUT2D eigenvalue weighted by atomic mass is 15.0. The van der Waals surface area contributed by atoms with E-state index in [2.05, 4.69) is 23.2 Å². The topological polar surface area (TPSA) is 43.3 Å². The van der Waals surface area contributed by atoms with E-state index in [1.54, 1.807) is 0 Å². The minimum atomic E-state index is 0.450. The Bertz CT molecular complexity index is 443. The quantitative estimate of drug-likeness (QED) is 0.784. The van der Waals surface area contributed by atoms with Gasteiger partial charge >= 0.3 is 0 Å². The Morgan fingerprint density at radius 2 is 2.21 bits per heavy atom. The van der Waals surface area contributed by atoms with Crippen LogP contribution in [0.5, 0.6) is 0 Å². The predicted molar refractivity (Wildman–Crippen MR) is 57.2 cm³/mol. The van der Waals surface area contributed by atoms with Crippen molar-refractivity contribution >= 4 is 5.65 Å². The van der Waals surface area contributed by atoms with Gasteiger partial charge in [-0.15, -0.1) is 0 Å². The van der Waals surface area contributed by atoms with Crippen molar-refractivity contribution in [3.05, 3.63) is 35.8 Å². The van der Waals surface area contributed by atoms with Gasteiger partial charge in [0.2, 0.25) is 0 Å². The van der Waals surface area contributed by atoms with Crippen LogP contribution in [0, 0.1) is 0 Å². The van der Waals surface area contributed by atoms with Gasteiger partial charge in [0.05, 0.1) is 5.69 Å². The third-order valence-electron chi connectivity index (χ3n) is 2.38. The molecule has 2 N–H and O–H groups in total. The van der Waals surface area contributed by atoms with E-state index < -0.39 is 0 Å². The SMILES string of the molecule is CC(C)c1c(CN)nc2ccccn12. The zero-order valence-corrected chi connectivity index (χ0v) is 8.57. The van der Waals surface area contributed by atoms with Crippen LogP contribution in [0.15, 0.2) is 24.4 Å². The van der Waals surface area contributed by atoms with Gasteiger partial charge in [-0.25, -0.2) is 4.98 Å². The summed E-state index contributed by atoms with van der Waals surface area (Å²) in [6.45, 7) is 4.83. The molecule has 0 aliphatic carbocycles. The summed E-state index contributed by atoms with van der Waals surface area (Å²) in [7, 11) is 0. The minimum Gasteiger partial charge on any atom is -0.325 e. The van der Waals surface area contributed by atoms with Gasteiger partial charge in [0.1, 0.15) is 5.65 Å². The minimum absolute atomic E-state index is 0.450. The van der Waals surface area contributed by atoms with Crippen LogP contribution in [0.25, 0.3) is 5.65 Å². The molecule has 0 unspecified atom stereocenters. The summed E-state index contributed by atoms with van der Waals surface area (Å²) >= 11 is 0. The van der Waals surface area contributed by atoms with Crippen LogP contribution in [-0.2, 0) is 6.54 Å². The molecule has 2 heterocycles. The van der Waals surface area contributed by atoms with Crippen LogP contribution in [0.2, 0.25) is 0 Å². The summed E-state index contributed by atoms with van der Waals surface area (Å²) in [6, 6.07) is 6.01. The lowest BCUT2D eigenvalue weighted by Crippen LogP contribution is -2.03. The molecule has 0 amide bonds. The van der Waals surface area contributed by atoms with Crippen LogP contribution < -0.4 is 5.73 Å². The van der Waals surface area contributed by atoms with E-state index in [1.165, 1.54) is 5.69 Å². The normalized spacial score (nSPS) is 11.4. The van der Waals surface area contributed by atoms with Gasteiger partial charge in [-0.3, -0.25) is 0 Å². The second kappa shape index (κ2) is 3.42. The molecule has 0 bridgehead atoms. The van der Waals surface area contributed by atoms with Crippen molar-refractivity contribution in [1.82, 2.24) is 9.38 Å². The lowest BCUT2D eigenvalue weighted by Gasteiger charge is -2.06.